The fourth-order valence-electron chi connectivity index (χ4n) is 3.35. The molecule has 0 aliphatic carbocycles. The van der Waals surface area contributed by atoms with Gasteiger partial charge in [0.15, 0.2) is 0 Å². The molecule has 0 saturated carbocycles. The predicted molar refractivity (Wildman–Crippen MR) is 123 cm³/mol. The van der Waals surface area contributed by atoms with Gasteiger partial charge in [-0.05, 0) is 36.2 Å². The lowest BCUT2D eigenvalue weighted by molar-refractivity contribution is -0.140. The van der Waals surface area contributed by atoms with Crippen LogP contribution in [0.25, 0.3) is 0 Å². The number of hydrogen-bond donors (Lipinski definition) is 2. The number of hydrogen-bond acceptors (Lipinski definition) is 5. The van der Waals surface area contributed by atoms with E-state index < -0.39 is 28.5 Å². The molecule has 1 atom stereocenters. The van der Waals surface area contributed by atoms with Gasteiger partial charge in [-0.1, -0.05) is 55.5 Å². The minimum atomic E-state index is -3.86. The molecule has 1 heterocycles. The third kappa shape index (κ3) is 6.77. The molecular weight excluding hydrogens is 442 g/mol. The molecule has 8 nitrogen and oxygen atoms in total. The minimum absolute atomic E-state index is 0.0654. The third-order valence-corrected chi connectivity index (χ3v) is 6.48. The van der Waals surface area contributed by atoms with Gasteiger partial charge in [-0.25, -0.2) is 13.1 Å². The summed E-state index contributed by atoms with van der Waals surface area (Å²) in [6, 6.07) is 19.7. The van der Waals surface area contributed by atoms with Crippen LogP contribution in [0.1, 0.15) is 24.7 Å². The number of benzene rings is 2. The van der Waals surface area contributed by atoms with Crippen molar-refractivity contribution >= 4 is 21.8 Å². The Kier molecular flexibility index (Phi) is 8.39. The zero-order chi connectivity index (χ0) is 23.7. The van der Waals surface area contributed by atoms with Gasteiger partial charge in [0.2, 0.25) is 21.8 Å². The molecule has 2 N–H and O–H groups in total. The molecule has 0 aliphatic heterocycles. The summed E-state index contributed by atoms with van der Waals surface area (Å²) in [7, 11) is -3.86. The lowest BCUT2D eigenvalue weighted by atomic mass is 10.1. The molecule has 2 aromatic carbocycles. The van der Waals surface area contributed by atoms with Crippen molar-refractivity contribution in [3.05, 3.63) is 90.4 Å². The van der Waals surface area contributed by atoms with Crippen molar-refractivity contribution < 1.29 is 22.4 Å². The van der Waals surface area contributed by atoms with E-state index in [0.717, 1.165) is 5.56 Å². The molecule has 33 heavy (non-hydrogen) atoms. The van der Waals surface area contributed by atoms with E-state index in [1.54, 1.807) is 37.3 Å². The van der Waals surface area contributed by atoms with Gasteiger partial charge in [0.05, 0.1) is 24.2 Å². The predicted octanol–water partition coefficient (Wildman–Crippen LogP) is 2.68. The van der Waals surface area contributed by atoms with Gasteiger partial charge >= 0.3 is 0 Å². The highest BCUT2D eigenvalue weighted by molar-refractivity contribution is 7.89. The summed E-state index contributed by atoms with van der Waals surface area (Å²) >= 11 is 0. The van der Waals surface area contributed by atoms with Crippen molar-refractivity contribution in [1.29, 1.82) is 0 Å². The Balaban J connectivity index is 1.75. The van der Waals surface area contributed by atoms with Gasteiger partial charge in [-0.3, -0.25) is 9.59 Å². The van der Waals surface area contributed by atoms with Crippen molar-refractivity contribution in [3.63, 3.8) is 0 Å². The van der Waals surface area contributed by atoms with Crippen LogP contribution < -0.4 is 10.0 Å². The molecule has 0 bridgehead atoms. The fraction of sp³-hybridized carbons (Fsp3) is 0.250. The van der Waals surface area contributed by atoms with Crippen LogP contribution in [-0.4, -0.2) is 37.7 Å². The Labute approximate surface area is 193 Å². The minimum Gasteiger partial charge on any atom is -0.467 e. The second-order valence-electron chi connectivity index (χ2n) is 7.37. The van der Waals surface area contributed by atoms with Crippen LogP contribution in [0.15, 0.2) is 88.4 Å². The summed E-state index contributed by atoms with van der Waals surface area (Å²) in [5.74, 6) is -0.253. The summed E-state index contributed by atoms with van der Waals surface area (Å²) in [6.45, 7) is 1.69. The van der Waals surface area contributed by atoms with Gasteiger partial charge in [0, 0.05) is 6.54 Å². The number of rotatable bonds is 11. The molecule has 9 heteroatoms. The largest absolute Gasteiger partial charge is 0.467 e. The third-order valence-electron chi connectivity index (χ3n) is 5.07. The standard InChI is InChI=1S/C24H27N3O5S/c1-2-22(24(29)25-16-20-12-9-15-32-20)27(18-19-10-5-3-6-11-19)23(28)17-26-33(30,31)21-13-7-4-8-14-21/h3-15,22,26H,2,16-18H2,1H3,(H,25,29)/t22-/m0/s1. The van der Waals surface area contributed by atoms with Gasteiger partial charge in [0.25, 0.3) is 0 Å². The van der Waals surface area contributed by atoms with Crippen LogP contribution in [0.2, 0.25) is 0 Å². The van der Waals surface area contributed by atoms with E-state index >= 15 is 0 Å². The SMILES string of the molecule is CC[C@@H](C(=O)NCc1ccco1)N(Cc1ccccc1)C(=O)CNS(=O)(=O)c1ccccc1. The van der Waals surface area contributed by atoms with Crippen LogP contribution in [0, 0.1) is 0 Å². The number of carbonyl (C=O) groups excluding carboxylic acids is 2. The Hall–Kier alpha value is -3.43. The zero-order valence-electron chi connectivity index (χ0n) is 18.3. The number of sulfonamides is 1. The molecule has 0 aliphatic rings. The fourth-order valence-corrected chi connectivity index (χ4v) is 4.34. The molecule has 2 amide bonds. The van der Waals surface area contributed by atoms with E-state index in [4.69, 9.17) is 4.42 Å². The molecule has 3 aromatic rings. The highest BCUT2D eigenvalue weighted by atomic mass is 32.2. The molecule has 3 rings (SSSR count). The summed E-state index contributed by atoms with van der Waals surface area (Å²) in [4.78, 5) is 27.6. The maximum Gasteiger partial charge on any atom is 0.243 e. The number of nitrogens with one attached hydrogen (secondary N) is 2. The molecule has 0 fully saturated rings. The normalized spacial score (nSPS) is 12.2. The van der Waals surface area contributed by atoms with Crippen molar-refractivity contribution in [2.45, 2.75) is 37.4 Å². The summed E-state index contributed by atoms with van der Waals surface area (Å²) < 4.78 is 32.7. The Bertz CT molecular complexity index is 1130. The first kappa shape index (κ1) is 24.2. The smallest absolute Gasteiger partial charge is 0.243 e. The van der Waals surface area contributed by atoms with Crippen LogP contribution in [0.4, 0.5) is 0 Å². The first-order valence-corrected chi connectivity index (χ1v) is 12.1. The lowest BCUT2D eigenvalue weighted by Crippen LogP contribution is -2.51. The lowest BCUT2D eigenvalue weighted by Gasteiger charge is -2.30. The number of furan rings is 1. The Morgan fingerprint density at radius 3 is 2.24 bits per heavy atom. The van der Waals surface area contributed by atoms with Crippen molar-refractivity contribution in [1.82, 2.24) is 14.9 Å². The number of amides is 2. The highest BCUT2D eigenvalue weighted by Gasteiger charge is 2.29. The molecule has 0 unspecified atom stereocenters. The molecule has 1 aromatic heterocycles. The monoisotopic (exact) mass is 469 g/mol. The molecule has 0 radical (unpaired) electrons. The van der Waals surface area contributed by atoms with E-state index in [9.17, 15) is 18.0 Å². The van der Waals surface area contributed by atoms with E-state index in [1.807, 2.05) is 30.3 Å². The van der Waals surface area contributed by atoms with Gasteiger partial charge in [-0.15, -0.1) is 0 Å². The first-order chi connectivity index (χ1) is 15.9. The average molecular weight is 470 g/mol. The van der Waals surface area contributed by atoms with Gasteiger partial charge in [0.1, 0.15) is 11.8 Å². The van der Waals surface area contributed by atoms with Crippen LogP contribution in [0.5, 0.6) is 0 Å². The van der Waals surface area contributed by atoms with E-state index in [1.165, 1.54) is 23.3 Å². The van der Waals surface area contributed by atoms with E-state index in [-0.39, 0.29) is 23.9 Å². The molecular formula is C24H27N3O5S. The van der Waals surface area contributed by atoms with Gasteiger partial charge in [-0.2, -0.15) is 0 Å². The van der Waals surface area contributed by atoms with E-state index in [2.05, 4.69) is 10.0 Å². The molecule has 0 spiro atoms. The molecule has 0 saturated heterocycles. The van der Waals surface area contributed by atoms with Crippen LogP contribution in [-0.2, 0) is 32.7 Å². The summed E-state index contributed by atoms with van der Waals surface area (Å²) in [5, 5.41) is 2.79. The second-order valence-corrected chi connectivity index (χ2v) is 9.13. The van der Waals surface area contributed by atoms with Crippen molar-refractivity contribution in [3.8, 4) is 0 Å². The zero-order valence-corrected chi connectivity index (χ0v) is 19.1. The Morgan fingerprint density at radius 1 is 0.970 bits per heavy atom. The topological polar surface area (TPSA) is 109 Å². The average Bonchev–Trinajstić information content (AvgIpc) is 3.36. The number of carbonyl (C=O) groups is 2. The Morgan fingerprint density at radius 2 is 1.64 bits per heavy atom. The summed E-state index contributed by atoms with van der Waals surface area (Å²) in [6.07, 6.45) is 1.87. The van der Waals surface area contributed by atoms with Gasteiger partial charge < -0.3 is 14.6 Å². The van der Waals surface area contributed by atoms with Crippen LogP contribution in [0.3, 0.4) is 0 Å². The first-order valence-electron chi connectivity index (χ1n) is 10.6. The highest BCUT2D eigenvalue weighted by Crippen LogP contribution is 2.13. The quantitative estimate of drug-likeness (QED) is 0.449. The van der Waals surface area contributed by atoms with E-state index in [0.29, 0.717) is 12.2 Å². The van der Waals surface area contributed by atoms with Crippen LogP contribution >= 0.6 is 0 Å². The number of nitrogens with zero attached hydrogens (tertiary/aromatic N) is 1. The summed E-state index contributed by atoms with van der Waals surface area (Å²) in [5.41, 5.74) is 0.828. The van der Waals surface area contributed by atoms with Crippen molar-refractivity contribution in [2.75, 3.05) is 6.54 Å². The second kappa shape index (κ2) is 11.4. The van der Waals surface area contributed by atoms with Crippen molar-refractivity contribution in [2.24, 2.45) is 0 Å². The molecule has 174 valence electrons. The maximum absolute atomic E-state index is 13.2. The maximum atomic E-state index is 13.2.